The second-order valence-corrected chi connectivity index (χ2v) is 8.92. The number of halogens is 1. The van der Waals surface area contributed by atoms with E-state index in [0.29, 0.717) is 36.1 Å². The number of carbonyl (C=O) groups excluding carboxylic acids is 3. The molecule has 8 nitrogen and oxygen atoms in total. The number of pyridine rings is 1. The number of nitrogens with zero attached hydrogens (tertiary/aromatic N) is 3. The lowest BCUT2D eigenvalue weighted by molar-refractivity contribution is -0.125. The molecule has 2 aromatic heterocycles. The smallest absolute Gasteiger partial charge is 0.261 e. The fraction of sp³-hybridized carbons (Fsp3) is 0.333. The molecule has 28 heavy (non-hydrogen) atoms. The number of nitrogens with one attached hydrogen (secondary N) is 1. The average Bonchev–Trinajstić information content (AvgIpc) is 3.28. The van der Waals surface area contributed by atoms with Gasteiger partial charge in [0.1, 0.15) is 12.4 Å². The van der Waals surface area contributed by atoms with Crippen molar-refractivity contribution in [2.75, 3.05) is 36.1 Å². The van der Waals surface area contributed by atoms with Crippen LogP contribution in [0.2, 0.25) is 0 Å². The first-order chi connectivity index (χ1) is 13.5. The molecular weight excluding hydrogens is 448 g/mol. The molecule has 0 unspecified atom stereocenters. The van der Waals surface area contributed by atoms with Gasteiger partial charge in [-0.3, -0.25) is 19.3 Å². The molecule has 0 spiro atoms. The highest BCUT2D eigenvalue weighted by Crippen LogP contribution is 2.25. The number of morpholine rings is 1. The first-order valence-electron chi connectivity index (χ1n) is 8.72. The fourth-order valence-electron chi connectivity index (χ4n) is 3.21. The van der Waals surface area contributed by atoms with Crippen LogP contribution in [0.4, 0.5) is 11.5 Å². The molecule has 2 aliphatic rings. The third-order valence-corrected chi connectivity index (χ3v) is 6.19. The Morgan fingerprint density at radius 1 is 1.21 bits per heavy atom. The van der Waals surface area contributed by atoms with Crippen molar-refractivity contribution in [3.63, 3.8) is 0 Å². The molecule has 0 aliphatic carbocycles. The number of aromatic nitrogens is 1. The van der Waals surface area contributed by atoms with Crippen LogP contribution in [-0.2, 0) is 14.3 Å². The van der Waals surface area contributed by atoms with E-state index >= 15 is 0 Å². The molecule has 1 atom stereocenters. The van der Waals surface area contributed by atoms with E-state index in [2.05, 4.69) is 26.2 Å². The normalized spacial score (nSPS) is 20.0. The maximum absolute atomic E-state index is 12.4. The quantitative estimate of drug-likeness (QED) is 0.744. The Kier molecular flexibility index (Phi) is 5.42. The van der Waals surface area contributed by atoms with Crippen molar-refractivity contribution in [3.05, 3.63) is 39.1 Å². The molecule has 3 amide bonds. The van der Waals surface area contributed by atoms with Gasteiger partial charge in [-0.25, -0.2) is 4.98 Å². The third-order valence-electron chi connectivity index (χ3n) is 4.56. The fourth-order valence-corrected chi connectivity index (χ4v) is 4.50. The molecule has 0 radical (unpaired) electrons. The summed E-state index contributed by atoms with van der Waals surface area (Å²) in [5, 5.41) is 2.90. The summed E-state index contributed by atoms with van der Waals surface area (Å²) in [6, 6.07) is 6.77. The van der Waals surface area contributed by atoms with E-state index in [0.717, 1.165) is 3.79 Å². The third kappa shape index (κ3) is 3.94. The summed E-state index contributed by atoms with van der Waals surface area (Å²) in [5.41, 5.74) is 0.678. The summed E-state index contributed by atoms with van der Waals surface area (Å²) in [6.07, 6.45) is 1.81. The van der Waals surface area contributed by atoms with Crippen molar-refractivity contribution in [2.45, 2.75) is 12.5 Å². The van der Waals surface area contributed by atoms with Gasteiger partial charge in [0.05, 0.1) is 33.2 Å². The predicted molar refractivity (Wildman–Crippen MR) is 108 cm³/mol. The van der Waals surface area contributed by atoms with Gasteiger partial charge in [0.25, 0.3) is 11.8 Å². The monoisotopic (exact) mass is 464 g/mol. The second-order valence-electron chi connectivity index (χ2n) is 6.46. The maximum atomic E-state index is 12.4. The first kappa shape index (κ1) is 19.0. The topological polar surface area (TPSA) is 91.8 Å². The van der Waals surface area contributed by atoms with E-state index in [1.54, 1.807) is 34.2 Å². The second kappa shape index (κ2) is 7.98. The van der Waals surface area contributed by atoms with Crippen LogP contribution in [0.3, 0.4) is 0 Å². The number of carbonyl (C=O) groups is 3. The summed E-state index contributed by atoms with van der Waals surface area (Å²) >= 11 is 4.68. The molecular formula is C18H17BrN4O4S. The highest BCUT2D eigenvalue weighted by atomic mass is 79.9. The van der Waals surface area contributed by atoms with Gasteiger partial charge in [0.2, 0.25) is 5.91 Å². The van der Waals surface area contributed by atoms with E-state index in [-0.39, 0.29) is 36.8 Å². The lowest BCUT2D eigenvalue weighted by Crippen LogP contribution is -2.41. The van der Waals surface area contributed by atoms with Crippen LogP contribution in [0.25, 0.3) is 0 Å². The van der Waals surface area contributed by atoms with Crippen molar-refractivity contribution < 1.29 is 19.1 Å². The minimum Gasteiger partial charge on any atom is -0.370 e. The van der Waals surface area contributed by atoms with Crippen LogP contribution in [0.15, 0.2) is 34.2 Å². The van der Waals surface area contributed by atoms with Gasteiger partial charge in [-0.05, 0) is 40.2 Å². The Morgan fingerprint density at radius 2 is 2.07 bits per heavy atom. The van der Waals surface area contributed by atoms with Gasteiger partial charge in [-0.1, -0.05) is 0 Å². The van der Waals surface area contributed by atoms with Crippen LogP contribution in [-0.4, -0.2) is 55.1 Å². The number of amides is 3. The highest BCUT2D eigenvalue weighted by molar-refractivity contribution is 9.11. The molecule has 2 saturated heterocycles. The predicted octanol–water partition coefficient (Wildman–Crippen LogP) is 1.80. The molecule has 4 heterocycles. The number of anilines is 2. The van der Waals surface area contributed by atoms with E-state index in [9.17, 15) is 14.4 Å². The highest BCUT2D eigenvalue weighted by Gasteiger charge is 2.33. The minimum absolute atomic E-state index is 0.0640. The number of thiophene rings is 1. The van der Waals surface area contributed by atoms with E-state index in [1.165, 1.54) is 11.3 Å². The van der Waals surface area contributed by atoms with E-state index in [1.807, 2.05) is 6.07 Å². The molecule has 2 aliphatic heterocycles. The zero-order valence-electron chi connectivity index (χ0n) is 14.8. The molecule has 0 saturated carbocycles. The zero-order chi connectivity index (χ0) is 19.7. The van der Waals surface area contributed by atoms with Gasteiger partial charge < -0.3 is 15.0 Å². The van der Waals surface area contributed by atoms with Crippen LogP contribution in [0.1, 0.15) is 16.1 Å². The van der Waals surface area contributed by atoms with Crippen LogP contribution in [0.5, 0.6) is 0 Å². The van der Waals surface area contributed by atoms with Crippen molar-refractivity contribution in [3.8, 4) is 0 Å². The Morgan fingerprint density at radius 3 is 2.75 bits per heavy atom. The van der Waals surface area contributed by atoms with Gasteiger partial charge in [-0.15, -0.1) is 11.3 Å². The minimum atomic E-state index is -0.275. The molecule has 2 aromatic rings. The standard InChI is InChI=1S/C18H17BrN4O4S/c19-14-3-2-13(28-14)18(26)21-11-7-16(24)23(9-11)15-4-1-12(8-20-15)22-5-6-27-10-17(22)25/h1-4,8,11H,5-7,9-10H2,(H,21,26)/t11-/m1/s1. The largest absolute Gasteiger partial charge is 0.370 e. The van der Waals surface area contributed by atoms with Crippen molar-refractivity contribution >= 4 is 56.5 Å². The number of rotatable bonds is 4. The molecule has 1 N–H and O–H groups in total. The number of hydrogen-bond acceptors (Lipinski definition) is 6. The van der Waals surface area contributed by atoms with Crippen molar-refractivity contribution in [1.82, 2.24) is 10.3 Å². The lowest BCUT2D eigenvalue weighted by atomic mass is 10.2. The van der Waals surface area contributed by atoms with Gasteiger partial charge in [0.15, 0.2) is 0 Å². The molecule has 10 heteroatoms. The molecule has 2 fully saturated rings. The van der Waals surface area contributed by atoms with Gasteiger partial charge >= 0.3 is 0 Å². The summed E-state index contributed by atoms with van der Waals surface area (Å²) < 4.78 is 6.01. The lowest BCUT2D eigenvalue weighted by Gasteiger charge is -2.27. The first-order valence-corrected chi connectivity index (χ1v) is 10.3. The summed E-state index contributed by atoms with van der Waals surface area (Å²) in [5.74, 6) is 0.107. The Hall–Kier alpha value is -2.30. The molecule has 4 rings (SSSR count). The van der Waals surface area contributed by atoms with E-state index in [4.69, 9.17) is 4.74 Å². The summed E-state index contributed by atoms with van der Waals surface area (Å²) in [4.78, 5) is 44.7. The Balaban J connectivity index is 1.41. The molecule has 146 valence electrons. The Bertz CT molecular complexity index is 917. The van der Waals surface area contributed by atoms with Gasteiger partial charge in [-0.2, -0.15) is 0 Å². The summed E-state index contributed by atoms with van der Waals surface area (Å²) in [6.45, 7) is 1.39. The zero-order valence-corrected chi connectivity index (χ0v) is 17.2. The molecule has 0 aromatic carbocycles. The van der Waals surface area contributed by atoms with Crippen LogP contribution < -0.4 is 15.1 Å². The Labute approximate surface area is 173 Å². The maximum Gasteiger partial charge on any atom is 0.261 e. The molecule has 0 bridgehead atoms. The average molecular weight is 465 g/mol. The van der Waals surface area contributed by atoms with Gasteiger partial charge in [0, 0.05) is 19.5 Å². The van der Waals surface area contributed by atoms with Crippen LogP contribution >= 0.6 is 27.3 Å². The SMILES string of the molecule is O=C(N[C@@H]1CC(=O)N(c2ccc(N3CCOCC3=O)cn2)C1)c1ccc(Br)s1. The summed E-state index contributed by atoms with van der Waals surface area (Å²) in [7, 11) is 0. The van der Waals surface area contributed by atoms with E-state index < -0.39 is 0 Å². The van der Waals surface area contributed by atoms with Crippen molar-refractivity contribution in [2.24, 2.45) is 0 Å². The number of hydrogen-bond donors (Lipinski definition) is 1. The number of ether oxygens (including phenoxy) is 1. The van der Waals surface area contributed by atoms with Crippen LogP contribution in [0, 0.1) is 0 Å². The van der Waals surface area contributed by atoms with Crippen molar-refractivity contribution in [1.29, 1.82) is 0 Å².